The van der Waals surface area contributed by atoms with Gasteiger partial charge in [-0.3, -0.25) is 4.79 Å². The minimum Gasteiger partial charge on any atom is -0.371 e. The number of ether oxygens (including phenoxy) is 1. The summed E-state index contributed by atoms with van der Waals surface area (Å²) in [6, 6.07) is 0. The van der Waals surface area contributed by atoms with Crippen LogP contribution in [0.2, 0.25) is 0 Å². The Morgan fingerprint density at radius 3 is 2.54 bits per heavy atom. The molecule has 0 spiro atoms. The Hall–Kier alpha value is -0.630. The minimum absolute atomic E-state index is 0.164. The average Bonchev–Trinajstić information content (AvgIpc) is 2.46. The van der Waals surface area contributed by atoms with Crippen LogP contribution in [-0.4, -0.2) is 18.5 Å². The molecule has 2 heteroatoms. The lowest BCUT2D eigenvalue weighted by Gasteiger charge is -2.09. The lowest BCUT2D eigenvalue weighted by Crippen LogP contribution is -2.08. The zero-order valence-corrected chi connectivity index (χ0v) is 8.62. The standard InChI is InChI=1S/C11H18O2/c1-8(2)10(7-12)6-11-5-4-9(3)13-11/h6-9,11H,4-5H2,1-3H3. The van der Waals surface area contributed by atoms with Crippen LogP contribution in [0.25, 0.3) is 0 Å². The van der Waals surface area contributed by atoms with Crippen LogP contribution in [0.5, 0.6) is 0 Å². The molecule has 0 radical (unpaired) electrons. The van der Waals surface area contributed by atoms with Crippen LogP contribution in [0.3, 0.4) is 0 Å². The van der Waals surface area contributed by atoms with Gasteiger partial charge in [0.05, 0.1) is 12.2 Å². The van der Waals surface area contributed by atoms with Gasteiger partial charge in [-0.2, -0.15) is 0 Å². The number of rotatable bonds is 3. The van der Waals surface area contributed by atoms with E-state index >= 15 is 0 Å². The highest BCUT2D eigenvalue weighted by atomic mass is 16.5. The van der Waals surface area contributed by atoms with E-state index in [2.05, 4.69) is 6.92 Å². The van der Waals surface area contributed by atoms with Crippen molar-refractivity contribution in [3.63, 3.8) is 0 Å². The highest BCUT2D eigenvalue weighted by Gasteiger charge is 2.20. The van der Waals surface area contributed by atoms with Crippen molar-refractivity contribution in [2.45, 2.75) is 45.8 Å². The summed E-state index contributed by atoms with van der Waals surface area (Å²) in [4.78, 5) is 10.7. The molecule has 2 unspecified atom stereocenters. The lowest BCUT2D eigenvalue weighted by molar-refractivity contribution is -0.105. The second-order valence-corrected chi connectivity index (χ2v) is 4.00. The summed E-state index contributed by atoms with van der Waals surface area (Å²) in [6.45, 7) is 6.13. The molecule has 0 saturated carbocycles. The molecule has 1 fully saturated rings. The van der Waals surface area contributed by atoms with Crippen LogP contribution in [0.15, 0.2) is 11.6 Å². The molecular formula is C11H18O2. The van der Waals surface area contributed by atoms with Gasteiger partial charge in [0.1, 0.15) is 6.29 Å². The molecular weight excluding hydrogens is 164 g/mol. The maximum Gasteiger partial charge on any atom is 0.146 e. The van der Waals surface area contributed by atoms with Crippen molar-refractivity contribution in [3.8, 4) is 0 Å². The topological polar surface area (TPSA) is 26.3 Å². The molecule has 0 amide bonds. The second-order valence-electron chi connectivity index (χ2n) is 4.00. The summed E-state index contributed by atoms with van der Waals surface area (Å²) >= 11 is 0. The van der Waals surface area contributed by atoms with Crippen LogP contribution in [0.1, 0.15) is 33.6 Å². The fourth-order valence-electron chi connectivity index (χ4n) is 1.54. The van der Waals surface area contributed by atoms with E-state index in [0.29, 0.717) is 12.0 Å². The first kappa shape index (κ1) is 10.5. The van der Waals surface area contributed by atoms with Crippen molar-refractivity contribution in [2.24, 2.45) is 5.92 Å². The highest BCUT2D eigenvalue weighted by Crippen LogP contribution is 2.22. The third kappa shape index (κ3) is 2.96. The van der Waals surface area contributed by atoms with Gasteiger partial charge in [0, 0.05) is 0 Å². The van der Waals surface area contributed by atoms with Gasteiger partial charge in [0.2, 0.25) is 0 Å². The molecule has 0 bridgehead atoms. The van der Waals surface area contributed by atoms with Gasteiger partial charge in [-0.05, 0) is 37.3 Å². The van der Waals surface area contributed by atoms with E-state index in [1.807, 2.05) is 19.9 Å². The summed E-state index contributed by atoms with van der Waals surface area (Å²) in [5.74, 6) is 0.303. The maximum atomic E-state index is 10.7. The Kier molecular flexibility index (Phi) is 3.67. The summed E-state index contributed by atoms with van der Waals surface area (Å²) < 4.78 is 5.61. The predicted octanol–water partition coefficient (Wildman–Crippen LogP) is 2.34. The van der Waals surface area contributed by atoms with Gasteiger partial charge in [-0.25, -0.2) is 0 Å². The van der Waals surface area contributed by atoms with Crippen molar-refractivity contribution in [3.05, 3.63) is 11.6 Å². The normalized spacial score (nSPS) is 29.7. The first-order valence-corrected chi connectivity index (χ1v) is 4.96. The minimum atomic E-state index is 0.164. The van der Waals surface area contributed by atoms with Crippen molar-refractivity contribution >= 4 is 6.29 Å². The highest BCUT2D eigenvalue weighted by molar-refractivity contribution is 5.73. The van der Waals surface area contributed by atoms with E-state index in [1.165, 1.54) is 0 Å². The van der Waals surface area contributed by atoms with Gasteiger partial charge in [-0.15, -0.1) is 0 Å². The molecule has 0 aliphatic carbocycles. The number of hydrogen-bond acceptors (Lipinski definition) is 2. The average molecular weight is 182 g/mol. The Labute approximate surface area is 80.0 Å². The largest absolute Gasteiger partial charge is 0.371 e. The zero-order valence-electron chi connectivity index (χ0n) is 8.62. The lowest BCUT2D eigenvalue weighted by atomic mass is 10.0. The Morgan fingerprint density at radius 1 is 1.46 bits per heavy atom. The van der Waals surface area contributed by atoms with Crippen LogP contribution in [0, 0.1) is 5.92 Å². The first-order valence-electron chi connectivity index (χ1n) is 4.96. The third-order valence-corrected chi connectivity index (χ3v) is 2.45. The van der Waals surface area contributed by atoms with Crippen molar-refractivity contribution in [1.29, 1.82) is 0 Å². The Morgan fingerprint density at radius 2 is 2.15 bits per heavy atom. The number of carbonyl (C=O) groups is 1. The monoisotopic (exact) mass is 182 g/mol. The molecule has 0 aromatic rings. The van der Waals surface area contributed by atoms with Crippen LogP contribution < -0.4 is 0 Å². The van der Waals surface area contributed by atoms with Crippen LogP contribution in [0.4, 0.5) is 0 Å². The van der Waals surface area contributed by atoms with Gasteiger partial charge in [0.25, 0.3) is 0 Å². The van der Waals surface area contributed by atoms with E-state index in [-0.39, 0.29) is 6.10 Å². The summed E-state index contributed by atoms with van der Waals surface area (Å²) in [6.07, 6.45) is 5.58. The molecule has 1 aliphatic rings. The number of hydrogen-bond donors (Lipinski definition) is 0. The number of allylic oxidation sites excluding steroid dienone is 1. The SMILES string of the molecule is CC1CCC(C=C(C=O)C(C)C)O1. The van der Waals surface area contributed by atoms with Gasteiger partial charge in [0.15, 0.2) is 0 Å². The summed E-state index contributed by atoms with van der Waals surface area (Å²) in [5, 5.41) is 0. The van der Waals surface area contributed by atoms with Crippen molar-refractivity contribution in [1.82, 2.24) is 0 Å². The Balaban J connectivity index is 2.57. The fourth-order valence-corrected chi connectivity index (χ4v) is 1.54. The molecule has 0 N–H and O–H groups in total. The number of aldehydes is 1. The molecule has 2 atom stereocenters. The summed E-state index contributed by atoms with van der Waals surface area (Å²) in [7, 11) is 0. The quantitative estimate of drug-likeness (QED) is 0.494. The first-order chi connectivity index (χ1) is 6.13. The summed E-state index contributed by atoms with van der Waals surface area (Å²) in [5.41, 5.74) is 0.860. The van der Waals surface area contributed by atoms with Crippen molar-refractivity contribution < 1.29 is 9.53 Å². The molecule has 0 aromatic heterocycles. The van der Waals surface area contributed by atoms with E-state index in [4.69, 9.17) is 4.74 Å². The molecule has 13 heavy (non-hydrogen) atoms. The second kappa shape index (κ2) is 4.56. The predicted molar refractivity (Wildman–Crippen MR) is 52.6 cm³/mol. The fraction of sp³-hybridized carbons (Fsp3) is 0.727. The molecule has 0 aromatic carbocycles. The van der Waals surface area contributed by atoms with Gasteiger partial charge in [-0.1, -0.05) is 13.8 Å². The smallest absolute Gasteiger partial charge is 0.146 e. The molecule has 74 valence electrons. The molecule has 1 saturated heterocycles. The maximum absolute atomic E-state index is 10.7. The number of carbonyl (C=O) groups excluding carboxylic acids is 1. The molecule has 1 rings (SSSR count). The van der Waals surface area contributed by atoms with Crippen molar-refractivity contribution in [2.75, 3.05) is 0 Å². The zero-order chi connectivity index (χ0) is 9.84. The van der Waals surface area contributed by atoms with Gasteiger partial charge >= 0.3 is 0 Å². The van der Waals surface area contributed by atoms with E-state index < -0.39 is 0 Å². The van der Waals surface area contributed by atoms with Crippen LogP contribution >= 0.6 is 0 Å². The Bertz CT molecular complexity index is 206. The molecule has 2 nitrogen and oxygen atoms in total. The van der Waals surface area contributed by atoms with E-state index in [9.17, 15) is 4.79 Å². The van der Waals surface area contributed by atoms with Crippen LogP contribution in [-0.2, 0) is 9.53 Å². The molecule has 1 heterocycles. The van der Waals surface area contributed by atoms with E-state index in [0.717, 1.165) is 24.7 Å². The van der Waals surface area contributed by atoms with E-state index in [1.54, 1.807) is 0 Å². The molecule has 1 aliphatic heterocycles. The third-order valence-electron chi connectivity index (χ3n) is 2.45. The van der Waals surface area contributed by atoms with Gasteiger partial charge < -0.3 is 4.74 Å².